The van der Waals surface area contributed by atoms with Crippen LogP contribution in [0.5, 0.6) is 5.75 Å². The second-order valence-electron chi connectivity index (χ2n) is 6.34. The monoisotopic (exact) mass is 398 g/mol. The number of aryl methyl sites for hydroxylation is 2. The molecule has 0 amide bonds. The van der Waals surface area contributed by atoms with Gasteiger partial charge in [-0.25, -0.2) is 8.42 Å². The highest BCUT2D eigenvalue weighted by Gasteiger charge is 2.17. The van der Waals surface area contributed by atoms with Crippen molar-refractivity contribution < 1.29 is 13.2 Å². The van der Waals surface area contributed by atoms with Crippen LogP contribution in [0.15, 0.2) is 59.5 Å². The summed E-state index contributed by atoms with van der Waals surface area (Å²) in [5.41, 5.74) is 2.66. The Labute approximate surface area is 164 Å². The molecule has 0 fully saturated rings. The summed E-state index contributed by atoms with van der Waals surface area (Å²) in [7, 11) is -2.11. The van der Waals surface area contributed by atoms with E-state index in [4.69, 9.17) is 4.74 Å². The Bertz CT molecular complexity index is 1070. The van der Waals surface area contributed by atoms with Crippen molar-refractivity contribution >= 4 is 21.7 Å². The van der Waals surface area contributed by atoms with Gasteiger partial charge in [0, 0.05) is 12.1 Å². The van der Waals surface area contributed by atoms with E-state index in [0.29, 0.717) is 17.9 Å². The number of sulfonamides is 1. The SMILES string of the molecule is COc1ccccc1CNc1ccc(NS(=O)(=O)c2ccc(C)cc2C)nn1. The molecule has 0 aliphatic heterocycles. The summed E-state index contributed by atoms with van der Waals surface area (Å²) in [6.45, 7) is 4.18. The predicted molar refractivity (Wildman–Crippen MR) is 109 cm³/mol. The second kappa shape index (κ2) is 8.26. The quantitative estimate of drug-likeness (QED) is 0.633. The van der Waals surface area contributed by atoms with Gasteiger partial charge in [0.1, 0.15) is 11.6 Å². The van der Waals surface area contributed by atoms with Gasteiger partial charge >= 0.3 is 0 Å². The molecular formula is C20H22N4O3S. The average Bonchev–Trinajstić information content (AvgIpc) is 2.67. The van der Waals surface area contributed by atoms with Gasteiger partial charge in [-0.2, -0.15) is 0 Å². The van der Waals surface area contributed by atoms with E-state index >= 15 is 0 Å². The summed E-state index contributed by atoms with van der Waals surface area (Å²) in [6.07, 6.45) is 0. The van der Waals surface area contributed by atoms with Crippen LogP contribution < -0.4 is 14.8 Å². The molecule has 1 aromatic heterocycles. The molecule has 3 rings (SSSR count). The number of hydrogen-bond donors (Lipinski definition) is 2. The fraction of sp³-hybridized carbons (Fsp3) is 0.200. The number of nitrogens with zero attached hydrogens (tertiary/aromatic N) is 2. The molecule has 7 nitrogen and oxygen atoms in total. The zero-order valence-corrected chi connectivity index (χ0v) is 16.7. The number of rotatable bonds is 7. The summed E-state index contributed by atoms with van der Waals surface area (Å²) < 4.78 is 33.0. The lowest BCUT2D eigenvalue weighted by atomic mass is 10.2. The number of hydrogen-bond acceptors (Lipinski definition) is 6. The first kappa shape index (κ1) is 19.6. The third-order valence-corrected chi connectivity index (χ3v) is 5.69. The minimum Gasteiger partial charge on any atom is -0.496 e. The van der Waals surface area contributed by atoms with E-state index in [1.165, 1.54) is 0 Å². The van der Waals surface area contributed by atoms with E-state index in [9.17, 15) is 8.42 Å². The second-order valence-corrected chi connectivity index (χ2v) is 7.99. The Morgan fingerprint density at radius 1 is 0.964 bits per heavy atom. The van der Waals surface area contributed by atoms with E-state index in [1.807, 2.05) is 37.3 Å². The van der Waals surface area contributed by atoms with Gasteiger partial charge < -0.3 is 10.1 Å². The standard InChI is InChI=1S/C20H22N4O3S/c1-14-8-9-18(15(2)12-14)28(25,26)24-20-11-10-19(22-23-20)21-13-16-6-4-5-7-17(16)27-3/h4-12H,13H2,1-3H3,(H,21,22)(H,23,24). The molecule has 0 bridgehead atoms. The molecule has 0 saturated heterocycles. The number of aromatic nitrogens is 2. The van der Waals surface area contributed by atoms with Crippen molar-refractivity contribution in [3.05, 3.63) is 71.3 Å². The van der Waals surface area contributed by atoms with Crippen LogP contribution in [-0.2, 0) is 16.6 Å². The minimum absolute atomic E-state index is 0.155. The van der Waals surface area contributed by atoms with E-state index in [1.54, 1.807) is 38.3 Å². The molecule has 8 heteroatoms. The van der Waals surface area contributed by atoms with Gasteiger partial charge in [0.15, 0.2) is 5.82 Å². The van der Waals surface area contributed by atoms with Crippen LogP contribution in [0.1, 0.15) is 16.7 Å². The van der Waals surface area contributed by atoms with E-state index in [-0.39, 0.29) is 10.7 Å². The fourth-order valence-electron chi connectivity index (χ4n) is 2.81. The van der Waals surface area contributed by atoms with Gasteiger partial charge in [0.05, 0.1) is 12.0 Å². The molecule has 0 unspecified atom stereocenters. The molecule has 0 spiro atoms. The Balaban J connectivity index is 1.69. The maximum Gasteiger partial charge on any atom is 0.263 e. The van der Waals surface area contributed by atoms with Crippen molar-refractivity contribution in [3.63, 3.8) is 0 Å². The maximum atomic E-state index is 12.6. The molecule has 2 aromatic carbocycles. The Morgan fingerprint density at radius 2 is 1.68 bits per heavy atom. The molecular weight excluding hydrogens is 376 g/mol. The molecule has 0 atom stereocenters. The largest absolute Gasteiger partial charge is 0.496 e. The van der Waals surface area contributed by atoms with Crippen LogP contribution in [0.25, 0.3) is 0 Å². The lowest BCUT2D eigenvalue weighted by molar-refractivity contribution is 0.410. The molecule has 0 radical (unpaired) electrons. The predicted octanol–water partition coefficient (Wildman–Crippen LogP) is 3.51. The van der Waals surface area contributed by atoms with Crippen LogP contribution in [0.4, 0.5) is 11.6 Å². The average molecular weight is 398 g/mol. The Morgan fingerprint density at radius 3 is 2.36 bits per heavy atom. The number of benzene rings is 2. The normalized spacial score (nSPS) is 11.1. The van der Waals surface area contributed by atoms with Crippen molar-refractivity contribution in [3.8, 4) is 5.75 Å². The van der Waals surface area contributed by atoms with Crippen molar-refractivity contribution in [1.82, 2.24) is 10.2 Å². The summed E-state index contributed by atoms with van der Waals surface area (Å²) >= 11 is 0. The lowest BCUT2D eigenvalue weighted by Gasteiger charge is -2.11. The van der Waals surface area contributed by atoms with Gasteiger partial charge in [-0.05, 0) is 43.7 Å². The number of para-hydroxylation sites is 1. The number of anilines is 2. The molecule has 28 heavy (non-hydrogen) atoms. The highest BCUT2D eigenvalue weighted by atomic mass is 32.2. The molecule has 0 aliphatic carbocycles. The first-order valence-electron chi connectivity index (χ1n) is 8.68. The molecule has 2 N–H and O–H groups in total. The molecule has 0 aliphatic rings. The highest BCUT2D eigenvalue weighted by molar-refractivity contribution is 7.92. The zero-order valence-electron chi connectivity index (χ0n) is 15.9. The van der Waals surface area contributed by atoms with E-state index < -0.39 is 10.0 Å². The van der Waals surface area contributed by atoms with Gasteiger partial charge in [-0.3, -0.25) is 4.72 Å². The third-order valence-electron chi connectivity index (χ3n) is 4.18. The smallest absolute Gasteiger partial charge is 0.263 e. The molecule has 3 aromatic rings. The van der Waals surface area contributed by atoms with Crippen LogP contribution in [0, 0.1) is 13.8 Å². The van der Waals surface area contributed by atoms with Gasteiger partial charge in [0.25, 0.3) is 10.0 Å². The Kier molecular flexibility index (Phi) is 5.79. The van der Waals surface area contributed by atoms with Crippen LogP contribution in [0.3, 0.4) is 0 Å². The summed E-state index contributed by atoms with van der Waals surface area (Å²) in [6, 6.07) is 16.1. The first-order valence-corrected chi connectivity index (χ1v) is 10.2. The number of ether oxygens (including phenoxy) is 1. The van der Waals surface area contributed by atoms with Gasteiger partial charge in [-0.1, -0.05) is 35.9 Å². The van der Waals surface area contributed by atoms with E-state index in [2.05, 4.69) is 20.2 Å². The topological polar surface area (TPSA) is 93.2 Å². The maximum absolute atomic E-state index is 12.6. The molecule has 0 saturated carbocycles. The first-order chi connectivity index (χ1) is 13.4. The van der Waals surface area contributed by atoms with Crippen molar-refractivity contribution in [1.29, 1.82) is 0 Å². The summed E-state index contributed by atoms with van der Waals surface area (Å²) in [4.78, 5) is 0.221. The summed E-state index contributed by atoms with van der Waals surface area (Å²) in [5, 5.41) is 11.1. The van der Waals surface area contributed by atoms with Crippen LogP contribution >= 0.6 is 0 Å². The highest BCUT2D eigenvalue weighted by Crippen LogP contribution is 2.21. The Hall–Kier alpha value is -3.13. The van der Waals surface area contributed by atoms with Crippen LogP contribution in [-0.4, -0.2) is 25.7 Å². The van der Waals surface area contributed by atoms with Crippen molar-refractivity contribution in [2.75, 3.05) is 17.1 Å². The number of methoxy groups -OCH3 is 1. The summed E-state index contributed by atoms with van der Waals surface area (Å²) in [5.74, 6) is 1.46. The zero-order chi connectivity index (χ0) is 20.1. The molecule has 1 heterocycles. The van der Waals surface area contributed by atoms with Gasteiger partial charge in [-0.15, -0.1) is 10.2 Å². The van der Waals surface area contributed by atoms with Gasteiger partial charge in [0.2, 0.25) is 0 Å². The number of nitrogens with one attached hydrogen (secondary N) is 2. The van der Waals surface area contributed by atoms with E-state index in [0.717, 1.165) is 16.9 Å². The third kappa shape index (κ3) is 4.58. The minimum atomic E-state index is -3.73. The van der Waals surface area contributed by atoms with Crippen molar-refractivity contribution in [2.24, 2.45) is 0 Å². The fourth-order valence-corrected chi connectivity index (χ4v) is 4.03. The van der Waals surface area contributed by atoms with Crippen LogP contribution in [0.2, 0.25) is 0 Å². The van der Waals surface area contributed by atoms with Crippen molar-refractivity contribution in [2.45, 2.75) is 25.3 Å². The lowest BCUT2D eigenvalue weighted by Crippen LogP contribution is -2.16. The molecule has 146 valence electrons.